The van der Waals surface area contributed by atoms with Gasteiger partial charge in [-0.3, -0.25) is 0 Å². The summed E-state index contributed by atoms with van der Waals surface area (Å²) in [4.78, 5) is 8.78. The van der Waals surface area contributed by atoms with E-state index in [9.17, 15) is 0 Å². The van der Waals surface area contributed by atoms with Gasteiger partial charge in [-0.15, -0.1) is 0 Å². The molecule has 1 heterocycles. The fourth-order valence-electron chi connectivity index (χ4n) is 2.22. The number of amides is 1. The maximum absolute atomic E-state index is 8.78. The molecule has 0 saturated heterocycles. The second kappa shape index (κ2) is 6.32. The van der Waals surface area contributed by atoms with Gasteiger partial charge in [-0.2, -0.15) is 0 Å². The molecule has 1 amide bonds. The molecule has 5 heteroatoms. The molecule has 110 valence electrons. The zero-order valence-corrected chi connectivity index (χ0v) is 12.4. The Labute approximate surface area is 119 Å². The molecule has 0 aliphatic carbocycles. The van der Waals surface area contributed by atoms with Crippen LogP contribution in [-0.4, -0.2) is 23.3 Å². The van der Waals surface area contributed by atoms with E-state index in [0.717, 1.165) is 5.75 Å². The van der Waals surface area contributed by atoms with Crippen molar-refractivity contribution >= 4 is 17.4 Å². The predicted molar refractivity (Wildman–Crippen MR) is 81.2 cm³/mol. The number of anilines is 1. The van der Waals surface area contributed by atoms with Gasteiger partial charge in [-0.25, -0.2) is 4.79 Å². The van der Waals surface area contributed by atoms with Gasteiger partial charge in [-0.05, 0) is 51.5 Å². The van der Waals surface area contributed by atoms with Crippen molar-refractivity contribution < 1.29 is 14.6 Å². The van der Waals surface area contributed by atoms with Crippen LogP contribution in [0.15, 0.2) is 24.3 Å². The summed E-state index contributed by atoms with van der Waals surface area (Å²) in [7, 11) is 0. The second-order valence-electron chi connectivity index (χ2n) is 5.15. The average Bonchev–Trinajstić information content (AvgIpc) is 2.28. The van der Waals surface area contributed by atoms with E-state index in [4.69, 9.17) is 14.6 Å². The number of hydrogen-bond donors (Lipinski definition) is 3. The molecule has 1 aromatic carbocycles. The van der Waals surface area contributed by atoms with Crippen molar-refractivity contribution in [1.29, 1.82) is 0 Å². The van der Waals surface area contributed by atoms with Crippen LogP contribution in [0.25, 0.3) is 5.57 Å². The molecular weight excluding hydrogens is 256 g/mol. The smallest absolute Gasteiger partial charge is 0.402 e. The highest BCUT2D eigenvalue weighted by atomic mass is 16.5. The van der Waals surface area contributed by atoms with Crippen molar-refractivity contribution in [2.24, 2.45) is 5.73 Å². The van der Waals surface area contributed by atoms with Gasteiger partial charge in [0.15, 0.2) is 0 Å². The third-order valence-electron chi connectivity index (χ3n) is 2.76. The predicted octanol–water partition coefficient (Wildman–Crippen LogP) is 3.32. The Morgan fingerprint density at radius 1 is 1.45 bits per heavy atom. The van der Waals surface area contributed by atoms with Crippen molar-refractivity contribution in [1.82, 2.24) is 0 Å². The Morgan fingerprint density at radius 2 is 2.05 bits per heavy atom. The number of primary amides is 1. The first-order chi connectivity index (χ1) is 9.25. The molecule has 1 aliphatic rings. The standard InChI is InChI=1S/C14H19NO.CH3NO2/c1-5-16-11-6-7-13-12(8-11)10(2)9-14(3,4)15-13;2-1(3)4/h6-9,15H,5H2,1-4H3;2H2,(H,3,4). The van der Waals surface area contributed by atoms with Crippen LogP contribution in [0.4, 0.5) is 10.5 Å². The van der Waals surface area contributed by atoms with Crippen molar-refractivity contribution in [3.8, 4) is 5.75 Å². The van der Waals surface area contributed by atoms with Gasteiger partial charge in [-0.1, -0.05) is 6.08 Å². The summed E-state index contributed by atoms with van der Waals surface area (Å²) < 4.78 is 5.52. The normalized spacial score (nSPS) is 14.9. The number of fused-ring (bicyclic) bond motifs is 1. The van der Waals surface area contributed by atoms with Crippen LogP contribution in [0, 0.1) is 0 Å². The Hall–Kier alpha value is -2.17. The lowest BCUT2D eigenvalue weighted by Gasteiger charge is -2.31. The number of ether oxygens (including phenoxy) is 1. The van der Waals surface area contributed by atoms with Gasteiger partial charge in [0.2, 0.25) is 0 Å². The molecule has 0 aromatic heterocycles. The first kappa shape index (κ1) is 15.9. The Balaban J connectivity index is 0.000000444. The molecule has 1 aliphatic heterocycles. The molecule has 0 radical (unpaired) electrons. The summed E-state index contributed by atoms with van der Waals surface area (Å²) in [5.41, 5.74) is 7.79. The highest BCUT2D eigenvalue weighted by Gasteiger charge is 2.22. The zero-order valence-electron chi connectivity index (χ0n) is 12.4. The highest BCUT2D eigenvalue weighted by molar-refractivity contribution is 5.80. The summed E-state index contributed by atoms with van der Waals surface area (Å²) in [6.45, 7) is 9.22. The van der Waals surface area contributed by atoms with Gasteiger partial charge in [0.05, 0.1) is 12.1 Å². The Morgan fingerprint density at radius 3 is 2.60 bits per heavy atom. The van der Waals surface area contributed by atoms with Crippen molar-refractivity contribution in [2.45, 2.75) is 33.2 Å². The number of carboxylic acid groups (broad SMARTS) is 1. The van der Waals surface area contributed by atoms with Crippen molar-refractivity contribution in [3.63, 3.8) is 0 Å². The van der Waals surface area contributed by atoms with Crippen LogP contribution in [-0.2, 0) is 0 Å². The fourth-order valence-corrected chi connectivity index (χ4v) is 2.22. The molecule has 1 aromatic rings. The molecule has 0 fully saturated rings. The quantitative estimate of drug-likeness (QED) is 0.774. The lowest BCUT2D eigenvalue weighted by atomic mass is 9.91. The Kier molecular flexibility index (Phi) is 5.02. The van der Waals surface area contributed by atoms with Crippen molar-refractivity contribution in [3.05, 3.63) is 29.8 Å². The minimum absolute atomic E-state index is 0.0320. The molecule has 4 N–H and O–H groups in total. The first-order valence-electron chi connectivity index (χ1n) is 6.48. The Bertz CT molecular complexity index is 518. The van der Waals surface area contributed by atoms with Crippen LogP contribution >= 0.6 is 0 Å². The van der Waals surface area contributed by atoms with Gasteiger partial charge in [0, 0.05) is 11.3 Å². The van der Waals surface area contributed by atoms with E-state index in [2.05, 4.69) is 50.0 Å². The second-order valence-corrected chi connectivity index (χ2v) is 5.15. The summed E-state index contributed by atoms with van der Waals surface area (Å²) in [6.07, 6.45) is 0.922. The molecule has 0 bridgehead atoms. The molecule has 5 nitrogen and oxygen atoms in total. The van der Waals surface area contributed by atoms with E-state index in [-0.39, 0.29) is 5.54 Å². The number of benzene rings is 1. The summed E-state index contributed by atoms with van der Waals surface area (Å²) in [5, 5.41) is 10.7. The molecule has 0 unspecified atom stereocenters. The topological polar surface area (TPSA) is 84.6 Å². The van der Waals surface area contributed by atoms with Gasteiger partial charge >= 0.3 is 6.09 Å². The van der Waals surface area contributed by atoms with Gasteiger partial charge < -0.3 is 20.9 Å². The number of hydrogen-bond acceptors (Lipinski definition) is 3. The SMILES string of the molecule is CCOc1ccc2c(c1)C(C)=CC(C)(C)N2.NC(=O)O. The first-order valence-corrected chi connectivity index (χ1v) is 6.48. The number of nitrogens with one attached hydrogen (secondary N) is 1. The third-order valence-corrected chi connectivity index (χ3v) is 2.76. The van der Waals surface area contributed by atoms with Crippen LogP contribution in [0.5, 0.6) is 5.75 Å². The molecule has 20 heavy (non-hydrogen) atoms. The van der Waals surface area contributed by atoms with E-state index < -0.39 is 6.09 Å². The molecule has 0 saturated carbocycles. The molecule has 2 rings (SSSR count). The molecular formula is C15H22N2O3. The monoisotopic (exact) mass is 278 g/mol. The number of allylic oxidation sites excluding steroid dienone is 1. The van der Waals surface area contributed by atoms with Crippen LogP contribution in [0.1, 0.15) is 33.3 Å². The van der Waals surface area contributed by atoms with Crippen LogP contribution < -0.4 is 15.8 Å². The summed E-state index contributed by atoms with van der Waals surface area (Å²) in [6, 6.07) is 6.22. The minimum Gasteiger partial charge on any atom is -0.494 e. The largest absolute Gasteiger partial charge is 0.494 e. The van der Waals surface area contributed by atoms with E-state index in [1.807, 2.05) is 13.0 Å². The molecule has 0 atom stereocenters. The number of nitrogens with two attached hydrogens (primary N) is 1. The number of rotatable bonds is 2. The zero-order chi connectivity index (χ0) is 15.3. The van der Waals surface area contributed by atoms with Gasteiger partial charge in [0.25, 0.3) is 0 Å². The van der Waals surface area contributed by atoms with Gasteiger partial charge in [0.1, 0.15) is 5.75 Å². The third kappa shape index (κ3) is 4.50. The molecule has 0 spiro atoms. The van der Waals surface area contributed by atoms with Crippen LogP contribution in [0.2, 0.25) is 0 Å². The van der Waals surface area contributed by atoms with E-state index in [0.29, 0.717) is 6.61 Å². The summed E-state index contributed by atoms with van der Waals surface area (Å²) in [5.74, 6) is 0.940. The van der Waals surface area contributed by atoms with E-state index in [1.165, 1.54) is 16.8 Å². The summed E-state index contributed by atoms with van der Waals surface area (Å²) >= 11 is 0. The maximum atomic E-state index is 8.78. The van der Waals surface area contributed by atoms with Crippen molar-refractivity contribution in [2.75, 3.05) is 11.9 Å². The minimum atomic E-state index is -1.33. The maximum Gasteiger partial charge on any atom is 0.402 e. The average molecular weight is 278 g/mol. The lowest BCUT2D eigenvalue weighted by Crippen LogP contribution is -2.31. The van der Waals surface area contributed by atoms with E-state index in [1.54, 1.807) is 0 Å². The van der Waals surface area contributed by atoms with E-state index >= 15 is 0 Å². The lowest BCUT2D eigenvalue weighted by molar-refractivity contribution is 0.205. The van der Waals surface area contributed by atoms with Crippen LogP contribution in [0.3, 0.4) is 0 Å². The number of carbonyl (C=O) groups is 1. The fraction of sp³-hybridized carbons (Fsp3) is 0.400. The highest BCUT2D eigenvalue weighted by Crippen LogP contribution is 2.35.